The Hall–Kier alpha value is -1.92. The molecule has 0 aliphatic carbocycles. The third kappa shape index (κ3) is 6.87. The Morgan fingerprint density at radius 2 is 1.86 bits per heavy atom. The first-order valence-corrected chi connectivity index (χ1v) is 6.56. The van der Waals surface area contributed by atoms with Crippen LogP contribution in [0.3, 0.4) is 0 Å². The fourth-order valence-corrected chi connectivity index (χ4v) is 1.54. The molecule has 0 saturated carbocycles. The first kappa shape index (κ1) is 17.1. The summed E-state index contributed by atoms with van der Waals surface area (Å²) in [5.41, 5.74) is 0.895. The number of alkyl halides is 3. The SMILES string of the molecule is CCNC(=NCc1ccc(OCC(F)(F)F)cc1)N(C)C. The highest BCUT2D eigenvalue weighted by molar-refractivity contribution is 5.79. The Morgan fingerprint density at radius 3 is 2.33 bits per heavy atom. The number of guanidine groups is 1. The molecule has 0 unspecified atom stereocenters. The van der Waals surface area contributed by atoms with Gasteiger partial charge < -0.3 is 15.0 Å². The summed E-state index contributed by atoms with van der Waals surface area (Å²) in [6, 6.07) is 6.43. The molecule has 4 nitrogen and oxygen atoms in total. The van der Waals surface area contributed by atoms with Crippen LogP contribution in [0.25, 0.3) is 0 Å². The Bertz CT molecular complexity index is 456. The second-order valence-electron chi connectivity index (χ2n) is 4.61. The smallest absolute Gasteiger partial charge is 0.422 e. The van der Waals surface area contributed by atoms with Gasteiger partial charge in [-0.25, -0.2) is 4.99 Å². The zero-order valence-electron chi connectivity index (χ0n) is 12.4. The van der Waals surface area contributed by atoms with Crippen LogP contribution in [0.1, 0.15) is 12.5 Å². The summed E-state index contributed by atoms with van der Waals surface area (Å²) in [5.74, 6) is 0.953. The summed E-state index contributed by atoms with van der Waals surface area (Å²) < 4.78 is 40.7. The van der Waals surface area contributed by atoms with E-state index in [1.807, 2.05) is 25.9 Å². The molecule has 0 aliphatic heterocycles. The van der Waals surface area contributed by atoms with Crippen LogP contribution in [0.2, 0.25) is 0 Å². The van der Waals surface area contributed by atoms with Crippen molar-refractivity contribution in [2.24, 2.45) is 4.99 Å². The molecule has 0 spiro atoms. The molecular weight excluding hydrogens is 283 g/mol. The van der Waals surface area contributed by atoms with Crippen LogP contribution < -0.4 is 10.1 Å². The molecule has 0 saturated heterocycles. The van der Waals surface area contributed by atoms with Crippen LogP contribution in [0.15, 0.2) is 29.3 Å². The Balaban J connectivity index is 2.60. The van der Waals surface area contributed by atoms with Crippen molar-refractivity contribution in [3.63, 3.8) is 0 Å². The number of halogens is 3. The lowest BCUT2D eigenvalue weighted by atomic mass is 10.2. The summed E-state index contributed by atoms with van der Waals surface area (Å²) >= 11 is 0. The van der Waals surface area contributed by atoms with E-state index in [4.69, 9.17) is 0 Å². The quantitative estimate of drug-likeness (QED) is 0.671. The van der Waals surface area contributed by atoms with Gasteiger partial charge in [-0.15, -0.1) is 0 Å². The molecule has 7 heteroatoms. The second-order valence-corrected chi connectivity index (χ2v) is 4.61. The normalized spacial score (nSPS) is 12.2. The van der Waals surface area contributed by atoms with Gasteiger partial charge in [0.2, 0.25) is 0 Å². The lowest BCUT2D eigenvalue weighted by Crippen LogP contribution is -2.36. The molecule has 0 fully saturated rings. The maximum absolute atomic E-state index is 12.0. The van der Waals surface area contributed by atoms with Crippen molar-refractivity contribution in [2.45, 2.75) is 19.6 Å². The van der Waals surface area contributed by atoms with E-state index >= 15 is 0 Å². The van der Waals surface area contributed by atoms with Crippen molar-refractivity contribution in [1.82, 2.24) is 10.2 Å². The van der Waals surface area contributed by atoms with E-state index in [1.54, 1.807) is 12.1 Å². The van der Waals surface area contributed by atoms with Crippen LogP contribution in [0.5, 0.6) is 5.75 Å². The number of hydrogen-bond donors (Lipinski definition) is 1. The minimum absolute atomic E-state index is 0.194. The number of nitrogens with zero attached hydrogens (tertiary/aromatic N) is 2. The van der Waals surface area contributed by atoms with Gasteiger partial charge in [0.15, 0.2) is 12.6 Å². The largest absolute Gasteiger partial charge is 0.484 e. The Kier molecular flexibility index (Phi) is 6.33. The van der Waals surface area contributed by atoms with E-state index < -0.39 is 12.8 Å². The van der Waals surface area contributed by atoms with Crippen molar-refractivity contribution in [1.29, 1.82) is 0 Å². The molecular formula is C14H20F3N3O. The third-order valence-corrected chi connectivity index (χ3v) is 2.50. The predicted molar refractivity (Wildman–Crippen MR) is 76.5 cm³/mol. The zero-order chi connectivity index (χ0) is 15.9. The van der Waals surface area contributed by atoms with Gasteiger partial charge in [0, 0.05) is 20.6 Å². The van der Waals surface area contributed by atoms with Gasteiger partial charge in [0.25, 0.3) is 0 Å². The van der Waals surface area contributed by atoms with Crippen molar-refractivity contribution < 1.29 is 17.9 Å². The van der Waals surface area contributed by atoms with E-state index in [2.05, 4.69) is 15.0 Å². The first-order chi connectivity index (χ1) is 9.81. The monoisotopic (exact) mass is 303 g/mol. The molecule has 118 valence electrons. The van der Waals surface area contributed by atoms with Crippen LogP contribution in [0.4, 0.5) is 13.2 Å². The molecule has 1 aromatic carbocycles. The fraction of sp³-hybridized carbons (Fsp3) is 0.500. The molecule has 0 aromatic heterocycles. The van der Waals surface area contributed by atoms with Crippen molar-refractivity contribution in [3.8, 4) is 5.75 Å². The second kappa shape index (κ2) is 7.75. The fourth-order valence-electron chi connectivity index (χ4n) is 1.54. The van der Waals surface area contributed by atoms with Crippen LogP contribution in [-0.2, 0) is 6.54 Å². The van der Waals surface area contributed by atoms with Crippen molar-refractivity contribution in [3.05, 3.63) is 29.8 Å². The van der Waals surface area contributed by atoms with Crippen LogP contribution in [0, 0.1) is 0 Å². The van der Waals surface area contributed by atoms with E-state index in [-0.39, 0.29) is 5.75 Å². The molecule has 0 aliphatic rings. The minimum atomic E-state index is -4.32. The van der Waals surface area contributed by atoms with Gasteiger partial charge in [-0.2, -0.15) is 13.2 Å². The standard InChI is InChI=1S/C14H20F3N3O/c1-4-18-13(20(2)3)19-9-11-5-7-12(8-6-11)21-10-14(15,16)17/h5-8H,4,9-10H2,1-3H3,(H,18,19). The number of rotatable bonds is 5. The zero-order valence-corrected chi connectivity index (χ0v) is 12.4. The number of nitrogens with one attached hydrogen (secondary N) is 1. The summed E-state index contributed by atoms with van der Waals surface area (Å²) in [5, 5.41) is 3.13. The predicted octanol–water partition coefficient (Wildman–Crippen LogP) is 2.65. The van der Waals surface area contributed by atoms with Crippen molar-refractivity contribution >= 4 is 5.96 Å². The van der Waals surface area contributed by atoms with Crippen LogP contribution >= 0.6 is 0 Å². The Labute approximate surface area is 122 Å². The van der Waals surface area contributed by atoms with Gasteiger partial charge in [0.05, 0.1) is 6.54 Å². The molecule has 1 rings (SSSR count). The number of benzene rings is 1. The third-order valence-electron chi connectivity index (χ3n) is 2.50. The maximum atomic E-state index is 12.0. The van der Waals surface area contributed by atoms with Gasteiger partial charge in [-0.1, -0.05) is 12.1 Å². The number of hydrogen-bond acceptors (Lipinski definition) is 2. The van der Waals surface area contributed by atoms with Gasteiger partial charge >= 0.3 is 6.18 Å². The summed E-state index contributed by atoms with van der Waals surface area (Å²) in [6.07, 6.45) is -4.32. The van der Waals surface area contributed by atoms with Crippen molar-refractivity contribution in [2.75, 3.05) is 27.2 Å². The molecule has 0 radical (unpaired) electrons. The van der Waals surface area contributed by atoms with Gasteiger partial charge in [0.1, 0.15) is 5.75 Å². The highest BCUT2D eigenvalue weighted by Crippen LogP contribution is 2.19. The average Bonchev–Trinajstić information content (AvgIpc) is 2.41. The summed E-state index contributed by atoms with van der Waals surface area (Å²) in [6.45, 7) is 1.91. The van der Waals surface area contributed by atoms with E-state index in [9.17, 15) is 13.2 Å². The van der Waals surface area contributed by atoms with E-state index in [0.717, 1.165) is 18.1 Å². The summed E-state index contributed by atoms with van der Waals surface area (Å²) in [7, 11) is 3.77. The maximum Gasteiger partial charge on any atom is 0.422 e. The lowest BCUT2D eigenvalue weighted by Gasteiger charge is -2.16. The first-order valence-electron chi connectivity index (χ1n) is 6.56. The number of ether oxygens (including phenoxy) is 1. The highest BCUT2D eigenvalue weighted by atomic mass is 19.4. The van der Waals surface area contributed by atoms with Gasteiger partial charge in [-0.05, 0) is 24.6 Å². The Morgan fingerprint density at radius 1 is 1.24 bits per heavy atom. The van der Waals surface area contributed by atoms with E-state index in [0.29, 0.717) is 6.54 Å². The van der Waals surface area contributed by atoms with E-state index in [1.165, 1.54) is 12.1 Å². The topological polar surface area (TPSA) is 36.9 Å². The molecule has 0 amide bonds. The molecule has 1 aromatic rings. The summed E-state index contributed by atoms with van der Waals surface area (Å²) in [4.78, 5) is 6.27. The average molecular weight is 303 g/mol. The highest BCUT2D eigenvalue weighted by Gasteiger charge is 2.28. The molecule has 1 N–H and O–H groups in total. The molecule has 0 atom stereocenters. The molecule has 21 heavy (non-hydrogen) atoms. The molecule has 0 bridgehead atoms. The minimum Gasteiger partial charge on any atom is -0.484 e. The number of aliphatic imine (C=N–C) groups is 1. The van der Waals surface area contributed by atoms with Gasteiger partial charge in [-0.3, -0.25) is 0 Å². The lowest BCUT2D eigenvalue weighted by molar-refractivity contribution is -0.153. The van der Waals surface area contributed by atoms with Crippen LogP contribution in [-0.4, -0.2) is 44.3 Å². The molecule has 0 heterocycles.